The highest BCUT2D eigenvalue weighted by Crippen LogP contribution is 2.23. The van der Waals surface area contributed by atoms with E-state index in [0.717, 1.165) is 37.1 Å². The van der Waals surface area contributed by atoms with Gasteiger partial charge in [0.2, 0.25) is 11.8 Å². The minimum Gasteiger partial charge on any atom is -0.378 e. The van der Waals surface area contributed by atoms with Gasteiger partial charge in [0.15, 0.2) is 0 Å². The summed E-state index contributed by atoms with van der Waals surface area (Å²) in [6.45, 7) is 1.68. The Labute approximate surface area is 138 Å². The van der Waals surface area contributed by atoms with Crippen LogP contribution in [0, 0.1) is 0 Å². The molecule has 1 aliphatic rings. The number of amides is 2. The van der Waals surface area contributed by atoms with Gasteiger partial charge in [0.1, 0.15) is 6.54 Å². The van der Waals surface area contributed by atoms with Crippen LogP contribution in [0.1, 0.15) is 39.0 Å². The Morgan fingerprint density at radius 3 is 2.22 bits per heavy atom. The lowest BCUT2D eigenvalue weighted by atomic mass is 9.94. The van der Waals surface area contributed by atoms with Crippen LogP contribution in [0.25, 0.3) is 0 Å². The predicted octanol–water partition coefficient (Wildman–Crippen LogP) is 2.87. The summed E-state index contributed by atoms with van der Waals surface area (Å²) >= 11 is 0. The van der Waals surface area contributed by atoms with Gasteiger partial charge in [-0.3, -0.25) is 9.59 Å². The zero-order valence-corrected chi connectivity index (χ0v) is 14.3. The lowest BCUT2D eigenvalue weighted by Crippen LogP contribution is -2.44. The third-order valence-electron chi connectivity index (χ3n) is 4.40. The molecule has 0 atom stereocenters. The minimum absolute atomic E-state index is 0.0185. The number of anilines is 2. The molecule has 126 valence electrons. The number of nitrogens with zero attached hydrogens (tertiary/aromatic N) is 2. The van der Waals surface area contributed by atoms with Crippen molar-refractivity contribution in [1.29, 1.82) is 0 Å². The summed E-state index contributed by atoms with van der Waals surface area (Å²) < 4.78 is 0. The van der Waals surface area contributed by atoms with Gasteiger partial charge in [-0.25, -0.2) is 0 Å². The fourth-order valence-corrected chi connectivity index (χ4v) is 3.09. The van der Waals surface area contributed by atoms with Gasteiger partial charge in [0.05, 0.1) is 0 Å². The van der Waals surface area contributed by atoms with Gasteiger partial charge in [0.25, 0.3) is 0 Å². The van der Waals surface area contributed by atoms with Crippen LogP contribution in [0.15, 0.2) is 24.3 Å². The quantitative estimate of drug-likeness (QED) is 0.908. The summed E-state index contributed by atoms with van der Waals surface area (Å²) in [6, 6.07) is 7.89. The first-order chi connectivity index (χ1) is 11.0. The average molecular weight is 317 g/mol. The molecule has 5 heteroatoms. The standard InChI is InChI=1S/C18H27N3O2/c1-14(22)21(17-7-5-4-6-8-17)13-18(23)19-15-9-11-16(12-10-15)20(2)3/h9-12,17H,4-8,13H2,1-3H3,(H,19,23). The molecule has 0 saturated heterocycles. The third-order valence-corrected chi connectivity index (χ3v) is 4.40. The SMILES string of the molecule is CC(=O)N(CC(=O)Nc1ccc(N(C)C)cc1)C1CCCCC1. The van der Waals surface area contributed by atoms with Crippen LogP contribution in [0.2, 0.25) is 0 Å². The fourth-order valence-electron chi connectivity index (χ4n) is 3.09. The molecule has 0 radical (unpaired) electrons. The van der Waals surface area contributed by atoms with Crippen LogP contribution in [0.3, 0.4) is 0 Å². The van der Waals surface area contributed by atoms with Gasteiger partial charge >= 0.3 is 0 Å². The highest BCUT2D eigenvalue weighted by Gasteiger charge is 2.25. The van der Waals surface area contributed by atoms with Crippen molar-refractivity contribution in [2.24, 2.45) is 0 Å². The molecule has 1 aromatic rings. The minimum atomic E-state index is -0.136. The Balaban J connectivity index is 1.94. The highest BCUT2D eigenvalue weighted by molar-refractivity contribution is 5.94. The van der Waals surface area contributed by atoms with Crippen LogP contribution in [-0.4, -0.2) is 43.4 Å². The van der Waals surface area contributed by atoms with Crippen LogP contribution in [-0.2, 0) is 9.59 Å². The van der Waals surface area contributed by atoms with Gasteiger partial charge < -0.3 is 15.1 Å². The van der Waals surface area contributed by atoms with E-state index in [1.165, 1.54) is 6.42 Å². The van der Waals surface area contributed by atoms with Crippen LogP contribution in [0.5, 0.6) is 0 Å². The molecular weight excluding hydrogens is 290 g/mol. The average Bonchev–Trinajstić information content (AvgIpc) is 2.53. The number of nitrogens with one attached hydrogen (secondary N) is 1. The van der Waals surface area contributed by atoms with Gasteiger partial charge in [0, 0.05) is 38.4 Å². The van der Waals surface area contributed by atoms with Crippen molar-refractivity contribution in [3.8, 4) is 0 Å². The van der Waals surface area contributed by atoms with Gasteiger partial charge in [-0.05, 0) is 37.1 Å². The molecule has 0 spiro atoms. The predicted molar refractivity (Wildman–Crippen MR) is 93.7 cm³/mol. The van der Waals surface area contributed by atoms with E-state index >= 15 is 0 Å². The molecule has 2 amide bonds. The van der Waals surface area contributed by atoms with Crippen molar-refractivity contribution in [1.82, 2.24) is 4.90 Å². The molecule has 0 heterocycles. The van der Waals surface area contributed by atoms with Gasteiger partial charge in [-0.2, -0.15) is 0 Å². The first-order valence-corrected chi connectivity index (χ1v) is 8.32. The maximum absolute atomic E-state index is 12.3. The Morgan fingerprint density at radius 2 is 1.70 bits per heavy atom. The molecule has 1 saturated carbocycles. The first-order valence-electron chi connectivity index (χ1n) is 8.32. The van der Waals surface area contributed by atoms with E-state index in [1.807, 2.05) is 43.3 Å². The Hall–Kier alpha value is -2.04. The van der Waals surface area contributed by atoms with E-state index in [9.17, 15) is 9.59 Å². The Bertz CT molecular complexity index is 534. The summed E-state index contributed by atoms with van der Waals surface area (Å²) in [6.07, 6.45) is 5.52. The highest BCUT2D eigenvalue weighted by atomic mass is 16.2. The van der Waals surface area contributed by atoms with Crippen molar-refractivity contribution in [2.75, 3.05) is 30.9 Å². The maximum Gasteiger partial charge on any atom is 0.244 e. The maximum atomic E-state index is 12.3. The number of hydrogen-bond donors (Lipinski definition) is 1. The molecule has 23 heavy (non-hydrogen) atoms. The molecule has 1 aromatic carbocycles. The topological polar surface area (TPSA) is 52.7 Å². The summed E-state index contributed by atoms with van der Waals surface area (Å²) in [5.74, 6) is -0.154. The molecule has 1 fully saturated rings. The zero-order valence-electron chi connectivity index (χ0n) is 14.3. The van der Waals surface area contributed by atoms with E-state index in [1.54, 1.807) is 11.8 Å². The van der Waals surface area contributed by atoms with E-state index in [4.69, 9.17) is 0 Å². The smallest absolute Gasteiger partial charge is 0.244 e. The molecule has 2 rings (SSSR count). The van der Waals surface area contributed by atoms with Crippen LogP contribution < -0.4 is 10.2 Å². The molecule has 1 aliphatic carbocycles. The lowest BCUT2D eigenvalue weighted by molar-refractivity contribution is -0.135. The van der Waals surface area contributed by atoms with E-state index in [2.05, 4.69) is 5.32 Å². The van der Waals surface area contributed by atoms with E-state index in [0.29, 0.717) is 0 Å². The molecule has 0 aromatic heterocycles. The number of rotatable bonds is 5. The largest absolute Gasteiger partial charge is 0.378 e. The second kappa shape index (κ2) is 7.99. The van der Waals surface area contributed by atoms with Crippen molar-refractivity contribution in [3.05, 3.63) is 24.3 Å². The Kier molecular flexibility index (Phi) is 6.02. The van der Waals surface area contributed by atoms with Crippen molar-refractivity contribution >= 4 is 23.2 Å². The normalized spacial score (nSPS) is 15.1. The van der Waals surface area contributed by atoms with Crippen LogP contribution >= 0.6 is 0 Å². The molecule has 0 unspecified atom stereocenters. The number of hydrogen-bond acceptors (Lipinski definition) is 3. The summed E-state index contributed by atoms with van der Waals surface area (Å²) in [5, 5.41) is 2.88. The molecule has 0 bridgehead atoms. The lowest BCUT2D eigenvalue weighted by Gasteiger charge is -2.33. The van der Waals surface area contributed by atoms with E-state index < -0.39 is 0 Å². The molecule has 0 aliphatic heterocycles. The Morgan fingerprint density at radius 1 is 1.09 bits per heavy atom. The van der Waals surface area contributed by atoms with Gasteiger partial charge in [-0.1, -0.05) is 19.3 Å². The summed E-state index contributed by atoms with van der Waals surface area (Å²) in [7, 11) is 3.95. The molecular formula is C18H27N3O2. The van der Waals surface area contributed by atoms with Crippen LogP contribution in [0.4, 0.5) is 11.4 Å². The number of carbonyl (C=O) groups is 2. The fraction of sp³-hybridized carbons (Fsp3) is 0.556. The monoisotopic (exact) mass is 317 g/mol. The second-order valence-electron chi connectivity index (χ2n) is 6.43. The number of carbonyl (C=O) groups excluding carboxylic acids is 2. The van der Waals surface area contributed by atoms with Crippen molar-refractivity contribution in [2.45, 2.75) is 45.1 Å². The van der Waals surface area contributed by atoms with Gasteiger partial charge in [-0.15, -0.1) is 0 Å². The zero-order chi connectivity index (χ0) is 16.8. The van der Waals surface area contributed by atoms with E-state index in [-0.39, 0.29) is 24.4 Å². The van der Waals surface area contributed by atoms with Crippen molar-refractivity contribution in [3.63, 3.8) is 0 Å². The molecule has 5 nitrogen and oxygen atoms in total. The summed E-state index contributed by atoms with van der Waals surface area (Å²) in [4.78, 5) is 27.9. The second-order valence-corrected chi connectivity index (χ2v) is 6.43. The third kappa shape index (κ3) is 4.98. The number of benzene rings is 1. The van der Waals surface area contributed by atoms with Crippen molar-refractivity contribution < 1.29 is 9.59 Å². The summed E-state index contributed by atoms with van der Waals surface area (Å²) in [5.41, 5.74) is 1.84. The first kappa shape index (κ1) is 17.3. The molecule has 1 N–H and O–H groups in total.